The highest BCUT2D eigenvalue weighted by Gasteiger charge is 2.21. The fourth-order valence-electron chi connectivity index (χ4n) is 4.93. The predicted octanol–water partition coefficient (Wildman–Crippen LogP) is 7.82. The Morgan fingerprint density at radius 3 is 1.38 bits per heavy atom. The molecule has 0 atom stereocenters. The van der Waals surface area contributed by atoms with Gasteiger partial charge in [-0.25, -0.2) is 0 Å². The number of rotatable bonds is 9. The summed E-state index contributed by atoms with van der Waals surface area (Å²) in [5, 5.41) is 6.62. The zero-order valence-corrected chi connectivity index (χ0v) is 30.2. The van der Waals surface area contributed by atoms with Gasteiger partial charge < -0.3 is 41.0 Å². The monoisotopic (exact) mass is 832 g/mol. The molecular weight excluding hydrogens is 812 g/mol. The third-order valence-electron chi connectivity index (χ3n) is 7.20. The van der Waals surface area contributed by atoms with E-state index in [4.69, 9.17) is 30.4 Å². The van der Waals surface area contributed by atoms with Crippen molar-refractivity contribution in [1.82, 2.24) is 29.9 Å². The Morgan fingerprint density at radius 2 is 0.940 bits per heavy atom. The number of aromatic nitrogens is 6. The van der Waals surface area contributed by atoms with Gasteiger partial charge in [0.15, 0.2) is 34.6 Å². The van der Waals surface area contributed by atoms with Crippen molar-refractivity contribution in [2.75, 3.05) is 35.7 Å². The van der Waals surface area contributed by atoms with Gasteiger partial charge in [0.2, 0.25) is 37.4 Å². The number of ether oxygens (including phenoxy) is 4. The van der Waals surface area contributed by atoms with Gasteiger partial charge >= 0.3 is 0 Å². The lowest BCUT2D eigenvalue weighted by atomic mass is 10.2. The number of anilines is 6. The Labute approximate surface area is 308 Å². The number of hydrogen-bond acceptors (Lipinski definition) is 16. The summed E-state index contributed by atoms with van der Waals surface area (Å²) in [7, 11) is 3.09. The zero-order chi connectivity index (χ0) is 34.2. The lowest BCUT2D eigenvalue weighted by Crippen LogP contribution is -2.06. The second kappa shape index (κ2) is 13.7. The van der Waals surface area contributed by atoms with Gasteiger partial charge in [-0.3, -0.25) is 0 Å². The second-order valence-corrected chi connectivity index (χ2v) is 14.4. The molecule has 0 radical (unpaired) electrons. The van der Waals surface area contributed by atoms with E-state index in [0.717, 1.165) is 30.1 Å². The zero-order valence-electron chi connectivity index (χ0n) is 25.4. The largest absolute Gasteiger partial charge is 0.454 e. The molecule has 8 rings (SSSR count). The van der Waals surface area contributed by atoms with Gasteiger partial charge in [0.05, 0.1) is 11.4 Å². The van der Waals surface area contributed by atoms with E-state index < -0.39 is 0 Å². The first-order chi connectivity index (χ1) is 24.4. The number of nitrogens with zero attached hydrogens (tertiary/aromatic N) is 6. The van der Waals surface area contributed by atoms with Crippen LogP contribution in [0, 0.1) is 0 Å². The van der Waals surface area contributed by atoms with Crippen molar-refractivity contribution in [3.63, 3.8) is 0 Å². The van der Waals surface area contributed by atoms with Gasteiger partial charge in [-0.05, 0) is 80.4 Å². The molecule has 4 heterocycles. The van der Waals surface area contributed by atoms with Gasteiger partial charge in [-0.2, -0.15) is 29.9 Å². The van der Waals surface area contributed by atoms with Crippen LogP contribution in [0.3, 0.4) is 0 Å². The molecule has 6 N–H and O–H groups in total. The molecule has 6 aromatic rings. The normalized spacial score (nSPS) is 12.6. The lowest BCUT2D eigenvalue weighted by Gasteiger charge is -2.14. The Bertz CT molecular complexity index is 2130. The highest BCUT2D eigenvalue weighted by atomic mass is 79.9. The Kier molecular flexibility index (Phi) is 8.82. The van der Waals surface area contributed by atoms with Crippen LogP contribution in [-0.4, -0.2) is 43.5 Å². The first-order valence-corrected chi connectivity index (χ1v) is 18.4. The van der Waals surface area contributed by atoms with Gasteiger partial charge in [0.1, 0.15) is 0 Å². The molecule has 18 heteroatoms. The molecule has 0 bridgehead atoms. The quantitative estimate of drug-likeness (QED) is 0.103. The second-order valence-electron chi connectivity index (χ2n) is 10.5. The molecule has 2 aromatic heterocycles. The van der Waals surface area contributed by atoms with E-state index in [1.54, 1.807) is 33.7 Å². The molecule has 0 spiro atoms. The number of nitrogen functional groups attached to an aromatic ring is 2. The molecule has 14 nitrogen and oxygen atoms in total. The number of fused-ring (bicyclic) bond motifs is 2. The van der Waals surface area contributed by atoms with E-state index in [1.807, 2.05) is 60.7 Å². The van der Waals surface area contributed by atoms with Crippen LogP contribution >= 0.6 is 53.4 Å². The molecule has 0 unspecified atom stereocenters. The molecule has 0 aliphatic carbocycles. The molecule has 2 aliphatic heterocycles. The summed E-state index contributed by atoms with van der Waals surface area (Å²) in [4.78, 5) is 28.6. The molecule has 0 amide bonds. The number of nitrogens with two attached hydrogens (primary N) is 2. The van der Waals surface area contributed by atoms with Crippen LogP contribution in [0.15, 0.2) is 91.5 Å². The minimum absolute atomic E-state index is 0.0644. The van der Waals surface area contributed by atoms with Crippen LogP contribution in [0.4, 0.5) is 35.2 Å². The Balaban J connectivity index is 1.02. The molecule has 0 saturated heterocycles. The highest BCUT2D eigenvalue weighted by Crippen LogP contribution is 2.45. The maximum Gasteiger partial charge on any atom is 0.232 e. The molecular formula is C32H22Br2N10O4S2. The van der Waals surface area contributed by atoms with E-state index >= 15 is 0 Å². The molecule has 250 valence electrons. The summed E-state index contributed by atoms with van der Waals surface area (Å²) in [6, 6.07) is 22.9. The topological polar surface area (TPSA) is 190 Å². The van der Waals surface area contributed by atoms with Crippen LogP contribution in [0.25, 0.3) is 22.8 Å². The van der Waals surface area contributed by atoms with Crippen molar-refractivity contribution in [3.05, 3.63) is 81.7 Å². The first kappa shape index (κ1) is 32.2. The minimum atomic E-state index is 0.0644. The number of halogens is 2. The summed E-state index contributed by atoms with van der Waals surface area (Å²) in [6.07, 6.45) is 0. The summed E-state index contributed by atoms with van der Waals surface area (Å²) in [5.74, 6) is 3.92. The van der Waals surface area contributed by atoms with Gasteiger partial charge in [-0.15, -0.1) is 0 Å². The van der Waals surface area contributed by atoms with E-state index in [9.17, 15) is 0 Å². The summed E-state index contributed by atoms with van der Waals surface area (Å²) >= 11 is 7.15. The number of benzene rings is 4. The van der Waals surface area contributed by atoms with Crippen LogP contribution in [0.1, 0.15) is 0 Å². The maximum atomic E-state index is 6.12. The van der Waals surface area contributed by atoms with E-state index in [1.165, 1.54) is 0 Å². The van der Waals surface area contributed by atoms with Crippen molar-refractivity contribution in [3.8, 4) is 45.8 Å². The van der Waals surface area contributed by atoms with E-state index in [0.29, 0.717) is 45.8 Å². The van der Waals surface area contributed by atoms with Gasteiger partial charge in [0, 0.05) is 29.9 Å². The summed E-state index contributed by atoms with van der Waals surface area (Å²) < 4.78 is 23.5. The Hall–Kier alpha value is -5.04. The fourth-order valence-corrected chi connectivity index (χ4v) is 8.21. The van der Waals surface area contributed by atoms with Crippen molar-refractivity contribution in [2.24, 2.45) is 0 Å². The lowest BCUT2D eigenvalue weighted by molar-refractivity contribution is 0.173. The Morgan fingerprint density at radius 1 is 0.540 bits per heavy atom. The minimum Gasteiger partial charge on any atom is -0.454 e. The molecule has 4 aromatic carbocycles. The maximum absolute atomic E-state index is 6.12. The van der Waals surface area contributed by atoms with Gasteiger partial charge in [-0.1, -0.05) is 45.9 Å². The van der Waals surface area contributed by atoms with Crippen LogP contribution in [0.5, 0.6) is 23.0 Å². The SMILES string of the molecule is Nc1nc(Nc2ccccc2SSc2ccccc2Nc2nc(N)nc(-c3cc4c(cc3Br)OCO4)n2)nc(-c2cc3c(cc2Br)OCO3)n1. The first-order valence-electron chi connectivity index (χ1n) is 14.6. The van der Waals surface area contributed by atoms with Crippen LogP contribution < -0.4 is 41.0 Å². The molecule has 0 fully saturated rings. The summed E-state index contributed by atoms with van der Waals surface area (Å²) in [6.45, 7) is 0.301. The fraction of sp³-hybridized carbons (Fsp3) is 0.0625. The number of nitrogens with one attached hydrogen (secondary N) is 2. The van der Waals surface area contributed by atoms with Crippen molar-refractivity contribution in [1.29, 1.82) is 0 Å². The van der Waals surface area contributed by atoms with Crippen molar-refractivity contribution < 1.29 is 18.9 Å². The van der Waals surface area contributed by atoms with Crippen LogP contribution in [0.2, 0.25) is 0 Å². The summed E-state index contributed by atoms with van der Waals surface area (Å²) in [5.41, 5.74) is 15.2. The average Bonchev–Trinajstić information content (AvgIpc) is 3.76. The van der Waals surface area contributed by atoms with Crippen molar-refractivity contribution in [2.45, 2.75) is 9.79 Å². The van der Waals surface area contributed by atoms with Crippen LogP contribution in [-0.2, 0) is 0 Å². The molecule has 2 aliphatic rings. The average molecular weight is 835 g/mol. The predicted molar refractivity (Wildman–Crippen MR) is 198 cm³/mol. The number of hydrogen-bond donors (Lipinski definition) is 4. The molecule has 0 saturated carbocycles. The standard InChI is InChI=1S/C32H22Br2N10O4S2/c33-17-11-23-21(45-13-47-23)9-15(17)27-39-29(35)43-31(41-27)37-19-5-1-3-7-25(19)49-50-26-8-4-2-6-20(26)38-32-42-28(40-30(36)44-32)16-10-22-24(12-18(16)34)48-14-46-22/h1-12H,13-14H2,(H3,35,37,39,41,43)(H3,36,38,40,42,44). The van der Waals surface area contributed by atoms with E-state index in [2.05, 4.69) is 72.4 Å². The van der Waals surface area contributed by atoms with Gasteiger partial charge in [0.25, 0.3) is 0 Å². The smallest absolute Gasteiger partial charge is 0.232 e. The van der Waals surface area contributed by atoms with Crippen molar-refractivity contribution >= 4 is 88.6 Å². The highest BCUT2D eigenvalue weighted by molar-refractivity contribution is 9.11. The molecule has 50 heavy (non-hydrogen) atoms. The third kappa shape index (κ3) is 6.74. The number of para-hydroxylation sites is 2. The third-order valence-corrected chi connectivity index (χ3v) is 11.0. The van der Waals surface area contributed by atoms with E-state index in [-0.39, 0.29) is 37.4 Å².